The lowest BCUT2D eigenvalue weighted by Gasteiger charge is -2.11. The monoisotopic (exact) mass is 285 g/mol. The van der Waals surface area contributed by atoms with Crippen LogP contribution in [0.1, 0.15) is 37.8 Å². The maximum absolute atomic E-state index is 5.87. The van der Waals surface area contributed by atoms with Crippen molar-refractivity contribution in [2.24, 2.45) is 0 Å². The van der Waals surface area contributed by atoms with Gasteiger partial charge in [0.05, 0.1) is 5.56 Å². The van der Waals surface area contributed by atoms with Crippen LogP contribution in [0.4, 0.5) is 5.82 Å². The maximum atomic E-state index is 5.87. The van der Waals surface area contributed by atoms with Gasteiger partial charge in [0, 0.05) is 6.54 Å². The van der Waals surface area contributed by atoms with Crippen molar-refractivity contribution in [2.45, 2.75) is 40.0 Å². The Bertz CT molecular complexity index is 567. The molecule has 0 radical (unpaired) electrons. The number of nitrogens with zero attached hydrogens (tertiary/aromatic N) is 2. The van der Waals surface area contributed by atoms with Crippen LogP contribution >= 0.6 is 0 Å². The lowest BCUT2D eigenvalue weighted by Crippen LogP contribution is -2.05. The Morgan fingerprint density at radius 1 is 1.05 bits per heavy atom. The summed E-state index contributed by atoms with van der Waals surface area (Å²) in [6, 6.07) is 8.19. The number of ether oxygens (including phenoxy) is 1. The lowest BCUT2D eigenvalue weighted by atomic mass is 10.1. The zero-order valence-electron chi connectivity index (χ0n) is 13.0. The molecule has 0 saturated carbocycles. The van der Waals surface area contributed by atoms with Crippen LogP contribution in [-0.4, -0.2) is 16.5 Å². The van der Waals surface area contributed by atoms with E-state index in [0.717, 1.165) is 42.9 Å². The van der Waals surface area contributed by atoms with Gasteiger partial charge in [0.1, 0.15) is 17.9 Å². The molecule has 2 rings (SSSR count). The van der Waals surface area contributed by atoms with E-state index in [9.17, 15) is 0 Å². The number of hydrogen-bond acceptors (Lipinski definition) is 4. The summed E-state index contributed by atoms with van der Waals surface area (Å²) in [5, 5.41) is 3.28. The first-order valence-corrected chi connectivity index (χ1v) is 7.56. The minimum atomic E-state index is 0.604. The van der Waals surface area contributed by atoms with E-state index < -0.39 is 0 Å². The third-order valence-corrected chi connectivity index (χ3v) is 3.26. The van der Waals surface area contributed by atoms with Crippen LogP contribution in [0.5, 0.6) is 11.6 Å². The molecule has 21 heavy (non-hydrogen) atoms. The van der Waals surface area contributed by atoms with Gasteiger partial charge in [-0.05, 0) is 37.5 Å². The van der Waals surface area contributed by atoms with Gasteiger partial charge in [-0.1, -0.05) is 32.4 Å². The van der Waals surface area contributed by atoms with Crippen LogP contribution in [0, 0.1) is 6.92 Å². The molecule has 4 heteroatoms. The molecule has 1 N–H and O–H groups in total. The summed E-state index contributed by atoms with van der Waals surface area (Å²) in [6.45, 7) is 7.17. The van der Waals surface area contributed by atoms with Gasteiger partial charge in [-0.3, -0.25) is 0 Å². The zero-order valence-corrected chi connectivity index (χ0v) is 13.0. The molecule has 2 aromatic rings. The Morgan fingerprint density at radius 2 is 1.81 bits per heavy atom. The molecule has 0 amide bonds. The van der Waals surface area contributed by atoms with E-state index in [1.807, 2.05) is 19.1 Å². The molecular weight excluding hydrogens is 262 g/mol. The van der Waals surface area contributed by atoms with Crippen molar-refractivity contribution in [2.75, 3.05) is 11.9 Å². The molecule has 0 aliphatic rings. The Labute approximate surface area is 126 Å². The standard InChI is InChI=1S/C17H23N3O/c1-4-6-14-7-9-15(10-8-14)21-17-13(3)16(18-11-5-2)19-12-20-17/h7-10,12H,4-6,11H2,1-3H3,(H,18,19,20). The third-order valence-electron chi connectivity index (χ3n) is 3.26. The molecule has 0 bridgehead atoms. The predicted octanol–water partition coefficient (Wildman–Crippen LogP) is 4.35. The molecule has 1 heterocycles. The van der Waals surface area contributed by atoms with Crippen LogP contribution < -0.4 is 10.1 Å². The Balaban J connectivity index is 2.11. The van der Waals surface area contributed by atoms with Gasteiger partial charge in [0.2, 0.25) is 5.88 Å². The van der Waals surface area contributed by atoms with Gasteiger partial charge in [0.15, 0.2) is 0 Å². The van der Waals surface area contributed by atoms with Gasteiger partial charge in [0.25, 0.3) is 0 Å². The molecular formula is C17H23N3O. The smallest absolute Gasteiger partial charge is 0.227 e. The lowest BCUT2D eigenvalue weighted by molar-refractivity contribution is 0.457. The fourth-order valence-corrected chi connectivity index (χ4v) is 2.08. The highest BCUT2D eigenvalue weighted by Gasteiger charge is 2.08. The van der Waals surface area contributed by atoms with Crippen LogP contribution in [-0.2, 0) is 6.42 Å². The van der Waals surface area contributed by atoms with E-state index in [4.69, 9.17) is 4.74 Å². The molecule has 0 unspecified atom stereocenters. The van der Waals surface area contributed by atoms with Gasteiger partial charge in [-0.15, -0.1) is 0 Å². The Hall–Kier alpha value is -2.10. The Kier molecular flexibility index (Phi) is 5.55. The van der Waals surface area contributed by atoms with Crippen molar-refractivity contribution in [3.63, 3.8) is 0 Å². The van der Waals surface area contributed by atoms with Gasteiger partial charge in [-0.2, -0.15) is 0 Å². The topological polar surface area (TPSA) is 47.0 Å². The summed E-state index contributed by atoms with van der Waals surface area (Å²) in [6.07, 6.45) is 4.83. The molecule has 0 fully saturated rings. The zero-order chi connectivity index (χ0) is 15.1. The molecule has 112 valence electrons. The highest BCUT2D eigenvalue weighted by molar-refractivity contribution is 5.48. The van der Waals surface area contributed by atoms with Crippen molar-refractivity contribution < 1.29 is 4.74 Å². The Morgan fingerprint density at radius 3 is 2.48 bits per heavy atom. The third kappa shape index (κ3) is 4.18. The van der Waals surface area contributed by atoms with E-state index >= 15 is 0 Å². The van der Waals surface area contributed by atoms with Gasteiger partial charge < -0.3 is 10.1 Å². The molecule has 4 nitrogen and oxygen atoms in total. The number of hydrogen-bond donors (Lipinski definition) is 1. The van der Waals surface area contributed by atoms with Crippen LogP contribution in [0.25, 0.3) is 0 Å². The predicted molar refractivity (Wildman–Crippen MR) is 86.1 cm³/mol. The molecule has 1 aromatic heterocycles. The normalized spacial score (nSPS) is 10.4. The van der Waals surface area contributed by atoms with E-state index in [1.165, 1.54) is 11.9 Å². The second kappa shape index (κ2) is 7.62. The highest BCUT2D eigenvalue weighted by atomic mass is 16.5. The number of aryl methyl sites for hydroxylation is 1. The van der Waals surface area contributed by atoms with Crippen molar-refractivity contribution in [1.29, 1.82) is 0 Å². The molecule has 0 spiro atoms. The number of benzene rings is 1. The van der Waals surface area contributed by atoms with Crippen molar-refractivity contribution in [3.05, 3.63) is 41.7 Å². The molecule has 0 aliphatic heterocycles. The number of aromatic nitrogens is 2. The molecule has 0 saturated heterocycles. The second-order valence-corrected chi connectivity index (χ2v) is 5.08. The fraction of sp³-hybridized carbons (Fsp3) is 0.412. The van der Waals surface area contributed by atoms with Crippen LogP contribution in [0.15, 0.2) is 30.6 Å². The molecule has 0 aliphatic carbocycles. The summed E-state index contributed by atoms with van der Waals surface area (Å²) >= 11 is 0. The first kappa shape index (κ1) is 15.3. The average Bonchev–Trinajstić information content (AvgIpc) is 2.50. The average molecular weight is 285 g/mol. The first-order valence-electron chi connectivity index (χ1n) is 7.56. The summed E-state index contributed by atoms with van der Waals surface area (Å²) in [4.78, 5) is 8.48. The number of anilines is 1. The van der Waals surface area contributed by atoms with E-state index in [0.29, 0.717) is 5.88 Å². The maximum Gasteiger partial charge on any atom is 0.227 e. The second-order valence-electron chi connectivity index (χ2n) is 5.08. The minimum Gasteiger partial charge on any atom is -0.439 e. The number of nitrogens with one attached hydrogen (secondary N) is 1. The van der Waals surface area contributed by atoms with Gasteiger partial charge in [-0.25, -0.2) is 9.97 Å². The highest BCUT2D eigenvalue weighted by Crippen LogP contribution is 2.26. The quantitative estimate of drug-likeness (QED) is 0.821. The largest absolute Gasteiger partial charge is 0.439 e. The number of rotatable bonds is 7. The van der Waals surface area contributed by atoms with Gasteiger partial charge >= 0.3 is 0 Å². The van der Waals surface area contributed by atoms with Crippen molar-refractivity contribution in [1.82, 2.24) is 9.97 Å². The van der Waals surface area contributed by atoms with Crippen molar-refractivity contribution in [3.8, 4) is 11.6 Å². The molecule has 0 atom stereocenters. The SMILES string of the molecule is CCCNc1ncnc(Oc2ccc(CCC)cc2)c1C. The summed E-state index contributed by atoms with van der Waals surface area (Å²) < 4.78 is 5.87. The van der Waals surface area contributed by atoms with E-state index in [1.54, 1.807) is 0 Å². The van der Waals surface area contributed by atoms with Crippen molar-refractivity contribution >= 4 is 5.82 Å². The van der Waals surface area contributed by atoms with E-state index in [-0.39, 0.29) is 0 Å². The van der Waals surface area contributed by atoms with Crippen LogP contribution in [0.2, 0.25) is 0 Å². The first-order chi connectivity index (χ1) is 10.2. The van der Waals surface area contributed by atoms with E-state index in [2.05, 4.69) is 41.3 Å². The summed E-state index contributed by atoms with van der Waals surface area (Å²) in [7, 11) is 0. The van der Waals surface area contributed by atoms with Crippen LogP contribution in [0.3, 0.4) is 0 Å². The summed E-state index contributed by atoms with van der Waals surface area (Å²) in [5.74, 6) is 2.24. The fourth-order valence-electron chi connectivity index (χ4n) is 2.08. The summed E-state index contributed by atoms with van der Waals surface area (Å²) in [5.41, 5.74) is 2.26. The molecule has 1 aromatic carbocycles. The minimum absolute atomic E-state index is 0.604.